The highest BCUT2D eigenvalue weighted by Crippen LogP contribution is 2.42. The largest absolute Gasteiger partial charge is 0.493 e. The molecule has 34 heavy (non-hydrogen) atoms. The van der Waals surface area contributed by atoms with Crippen LogP contribution in [0.15, 0.2) is 65.3 Å². The minimum Gasteiger partial charge on any atom is -0.493 e. The normalized spacial score (nSPS) is 13.9. The van der Waals surface area contributed by atoms with Crippen molar-refractivity contribution in [2.45, 2.75) is 4.90 Å². The van der Waals surface area contributed by atoms with Crippen LogP contribution in [0.1, 0.15) is 15.9 Å². The summed E-state index contributed by atoms with van der Waals surface area (Å²) in [6.07, 6.45) is 1.49. The molecule has 0 N–H and O–H groups in total. The summed E-state index contributed by atoms with van der Waals surface area (Å²) in [5, 5.41) is 0. The van der Waals surface area contributed by atoms with Gasteiger partial charge in [-0.15, -0.1) is 0 Å². The first-order valence-electron chi connectivity index (χ1n) is 9.84. The lowest BCUT2D eigenvalue weighted by Gasteiger charge is -2.14. The molecule has 1 aliphatic heterocycles. The van der Waals surface area contributed by atoms with Crippen LogP contribution in [0.5, 0.6) is 28.7 Å². The monoisotopic (exact) mass is 486 g/mol. The average Bonchev–Trinajstić information content (AvgIpc) is 3.12. The van der Waals surface area contributed by atoms with Crippen molar-refractivity contribution in [3.8, 4) is 28.7 Å². The predicted molar refractivity (Wildman–Crippen MR) is 120 cm³/mol. The molecule has 0 unspecified atom stereocenters. The zero-order valence-corrected chi connectivity index (χ0v) is 19.1. The Morgan fingerprint density at radius 3 is 2.24 bits per heavy atom. The van der Waals surface area contributed by atoms with Crippen LogP contribution in [-0.4, -0.2) is 35.5 Å². The smallest absolute Gasteiger partial charge is 0.339 e. The van der Waals surface area contributed by atoms with Gasteiger partial charge in [-0.05, 0) is 54.6 Å². The molecule has 176 valence electrons. The van der Waals surface area contributed by atoms with E-state index in [1.807, 2.05) is 0 Å². The number of carbonyl (C=O) groups is 1. The number of hydrogen-bond acceptors (Lipinski definition) is 8. The number of ketones is 1. The van der Waals surface area contributed by atoms with E-state index in [4.69, 9.17) is 23.1 Å². The summed E-state index contributed by atoms with van der Waals surface area (Å²) < 4.78 is 64.9. The molecule has 3 aromatic carbocycles. The third-order valence-corrected chi connectivity index (χ3v) is 6.23. The summed E-state index contributed by atoms with van der Waals surface area (Å²) in [5.41, 5.74) is 0.740. The Morgan fingerprint density at radius 2 is 1.59 bits per heavy atom. The number of halogens is 1. The minimum absolute atomic E-state index is 0.000869. The standard InChI is InChI=1S/C24H19FO8S/c1-29-19-11-4-14(23(30-2)24(19)31-3)12-21-22(26)18-10-7-16(13-20(18)32-21)33-34(27,28)17-8-5-15(25)6-9-17/h4-13H,1-3H3/b21-12+. The van der Waals surface area contributed by atoms with Crippen molar-refractivity contribution in [2.75, 3.05) is 21.3 Å². The van der Waals surface area contributed by atoms with E-state index in [0.717, 1.165) is 24.3 Å². The molecule has 0 spiro atoms. The van der Waals surface area contributed by atoms with E-state index in [2.05, 4.69) is 0 Å². The second-order valence-corrected chi connectivity index (χ2v) is 8.56. The molecule has 0 bridgehead atoms. The van der Waals surface area contributed by atoms with Gasteiger partial charge in [0.05, 0.1) is 26.9 Å². The predicted octanol–water partition coefficient (Wildman–Crippen LogP) is 4.24. The number of fused-ring (bicyclic) bond motifs is 1. The Labute approximate surface area is 195 Å². The molecule has 0 aliphatic carbocycles. The van der Waals surface area contributed by atoms with Crippen molar-refractivity contribution in [1.29, 1.82) is 0 Å². The molecular formula is C24H19FO8S. The van der Waals surface area contributed by atoms with Gasteiger partial charge < -0.3 is 23.1 Å². The van der Waals surface area contributed by atoms with Gasteiger partial charge in [-0.1, -0.05) is 0 Å². The topological polar surface area (TPSA) is 97.4 Å². The van der Waals surface area contributed by atoms with Crippen molar-refractivity contribution in [1.82, 2.24) is 0 Å². The molecule has 8 nitrogen and oxygen atoms in total. The van der Waals surface area contributed by atoms with Crippen molar-refractivity contribution in [3.05, 3.63) is 77.3 Å². The zero-order valence-electron chi connectivity index (χ0n) is 18.3. The lowest BCUT2D eigenvalue weighted by Crippen LogP contribution is -2.09. The lowest BCUT2D eigenvalue weighted by atomic mass is 10.1. The molecule has 0 saturated carbocycles. The number of methoxy groups -OCH3 is 3. The van der Waals surface area contributed by atoms with Crippen LogP contribution in [-0.2, 0) is 10.1 Å². The quantitative estimate of drug-likeness (QED) is 0.362. The molecule has 0 fully saturated rings. The fraction of sp³-hybridized carbons (Fsp3) is 0.125. The molecule has 10 heteroatoms. The van der Waals surface area contributed by atoms with Gasteiger partial charge >= 0.3 is 10.1 Å². The van der Waals surface area contributed by atoms with E-state index >= 15 is 0 Å². The Balaban J connectivity index is 1.63. The molecular weight excluding hydrogens is 467 g/mol. The molecule has 3 aromatic rings. The van der Waals surface area contributed by atoms with Crippen molar-refractivity contribution < 1.29 is 40.7 Å². The van der Waals surface area contributed by atoms with Crippen molar-refractivity contribution in [2.24, 2.45) is 0 Å². The SMILES string of the molecule is COc1ccc(/C=C2/Oc3cc(OS(=O)(=O)c4ccc(F)cc4)ccc3C2=O)c(OC)c1OC. The number of rotatable bonds is 7. The van der Waals surface area contributed by atoms with Gasteiger partial charge in [-0.2, -0.15) is 8.42 Å². The molecule has 0 atom stereocenters. The van der Waals surface area contributed by atoms with Crippen LogP contribution in [0, 0.1) is 5.82 Å². The van der Waals surface area contributed by atoms with Gasteiger partial charge in [0.1, 0.15) is 22.2 Å². The minimum atomic E-state index is -4.21. The highest BCUT2D eigenvalue weighted by atomic mass is 32.2. The Bertz CT molecular complexity index is 1400. The number of carbonyl (C=O) groups excluding carboxylic acids is 1. The number of hydrogen-bond donors (Lipinski definition) is 0. The first kappa shape index (κ1) is 23.1. The highest BCUT2D eigenvalue weighted by molar-refractivity contribution is 7.87. The number of allylic oxidation sites excluding steroid dienone is 1. The summed E-state index contributed by atoms with van der Waals surface area (Å²) in [4.78, 5) is 12.6. The molecule has 0 aromatic heterocycles. The van der Waals surface area contributed by atoms with Crippen LogP contribution in [0.25, 0.3) is 6.08 Å². The van der Waals surface area contributed by atoms with Crippen LogP contribution in [0.4, 0.5) is 4.39 Å². The van der Waals surface area contributed by atoms with Crippen LogP contribution >= 0.6 is 0 Å². The molecule has 0 amide bonds. The van der Waals surface area contributed by atoms with E-state index in [9.17, 15) is 17.6 Å². The summed E-state index contributed by atoms with van der Waals surface area (Å²) in [7, 11) is 0.200. The zero-order chi connectivity index (χ0) is 24.5. The summed E-state index contributed by atoms with van der Waals surface area (Å²) in [5.74, 6) is 0.226. The summed E-state index contributed by atoms with van der Waals surface area (Å²) >= 11 is 0. The van der Waals surface area contributed by atoms with Crippen LogP contribution in [0.2, 0.25) is 0 Å². The Hall–Kier alpha value is -4.05. The van der Waals surface area contributed by atoms with Gasteiger partial charge in [0.25, 0.3) is 0 Å². The van der Waals surface area contributed by atoms with Gasteiger partial charge in [-0.3, -0.25) is 4.79 Å². The van der Waals surface area contributed by atoms with Crippen molar-refractivity contribution >= 4 is 22.0 Å². The molecule has 0 radical (unpaired) electrons. The molecule has 1 heterocycles. The summed E-state index contributed by atoms with van der Waals surface area (Å²) in [6, 6.07) is 11.6. The van der Waals surface area contributed by atoms with Crippen LogP contribution in [0.3, 0.4) is 0 Å². The van der Waals surface area contributed by atoms with Gasteiger partial charge in [0.15, 0.2) is 17.3 Å². The lowest BCUT2D eigenvalue weighted by molar-refractivity contribution is 0.101. The van der Waals surface area contributed by atoms with E-state index in [0.29, 0.717) is 22.8 Å². The first-order chi connectivity index (χ1) is 16.3. The third kappa shape index (κ3) is 4.27. The number of ether oxygens (including phenoxy) is 4. The molecule has 0 saturated heterocycles. The second-order valence-electron chi connectivity index (χ2n) is 7.01. The van der Waals surface area contributed by atoms with E-state index < -0.39 is 21.7 Å². The Kier molecular flexibility index (Phi) is 6.16. The van der Waals surface area contributed by atoms with Gasteiger partial charge in [-0.25, -0.2) is 4.39 Å². The molecule has 4 rings (SSSR count). The number of Topliss-reactive ketones (excluding diaryl/α,β-unsaturated/α-hetero) is 1. The van der Waals surface area contributed by atoms with E-state index in [1.54, 1.807) is 12.1 Å². The second kappa shape index (κ2) is 9.06. The Morgan fingerprint density at radius 1 is 0.882 bits per heavy atom. The fourth-order valence-corrected chi connectivity index (χ4v) is 4.30. The first-order valence-corrected chi connectivity index (χ1v) is 11.3. The molecule has 1 aliphatic rings. The maximum absolute atomic E-state index is 13.1. The third-order valence-electron chi connectivity index (χ3n) is 4.97. The van der Waals surface area contributed by atoms with Crippen LogP contribution < -0.4 is 23.1 Å². The summed E-state index contributed by atoms with van der Waals surface area (Å²) in [6.45, 7) is 0. The van der Waals surface area contributed by atoms with Crippen molar-refractivity contribution in [3.63, 3.8) is 0 Å². The van der Waals surface area contributed by atoms with Gasteiger partial charge in [0.2, 0.25) is 11.5 Å². The maximum Gasteiger partial charge on any atom is 0.339 e. The van der Waals surface area contributed by atoms with Gasteiger partial charge in [0, 0.05) is 11.6 Å². The average molecular weight is 486 g/mol. The van der Waals surface area contributed by atoms with E-state index in [1.165, 1.54) is 45.6 Å². The van der Waals surface area contributed by atoms with E-state index in [-0.39, 0.29) is 27.7 Å². The maximum atomic E-state index is 13.1. The fourth-order valence-electron chi connectivity index (χ4n) is 3.37. The highest BCUT2D eigenvalue weighted by Gasteiger charge is 2.29. The number of benzene rings is 3.